The first kappa shape index (κ1) is 13.0. The second-order valence-electron chi connectivity index (χ2n) is 4.76. The van der Waals surface area contributed by atoms with E-state index in [9.17, 15) is 9.90 Å². The van der Waals surface area contributed by atoms with Gasteiger partial charge in [0, 0.05) is 26.6 Å². The average Bonchev–Trinajstić information content (AvgIpc) is 2.82. The van der Waals surface area contributed by atoms with Gasteiger partial charge in [0.2, 0.25) is 0 Å². The van der Waals surface area contributed by atoms with Gasteiger partial charge in [-0.25, -0.2) is 0 Å². The fourth-order valence-corrected chi connectivity index (χ4v) is 2.46. The van der Waals surface area contributed by atoms with Crippen LogP contribution >= 0.6 is 0 Å². The van der Waals surface area contributed by atoms with Crippen LogP contribution in [0.3, 0.4) is 0 Å². The zero-order valence-corrected chi connectivity index (χ0v) is 11.0. The number of aliphatic hydroxyl groups excluding tert-OH is 1. The lowest BCUT2D eigenvalue weighted by Crippen LogP contribution is -2.36. The van der Waals surface area contributed by atoms with E-state index in [-0.39, 0.29) is 12.0 Å². The second-order valence-corrected chi connectivity index (χ2v) is 4.76. The topological polar surface area (TPSA) is 67.6 Å². The molecule has 0 saturated carbocycles. The smallest absolute Gasteiger partial charge is 0.323 e. The van der Waals surface area contributed by atoms with Gasteiger partial charge >= 0.3 is 5.97 Å². The number of esters is 1. The van der Waals surface area contributed by atoms with Crippen LogP contribution < -0.4 is 0 Å². The Morgan fingerprint density at radius 2 is 2.39 bits per heavy atom. The van der Waals surface area contributed by atoms with E-state index in [1.54, 1.807) is 4.68 Å². The van der Waals surface area contributed by atoms with Crippen LogP contribution in [0, 0.1) is 6.92 Å². The van der Waals surface area contributed by atoms with Crippen molar-refractivity contribution < 1.29 is 14.6 Å². The average molecular weight is 253 g/mol. The molecule has 0 bridgehead atoms. The number of aliphatic hydroxyl groups is 1. The van der Waals surface area contributed by atoms with Crippen molar-refractivity contribution in [1.29, 1.82) is 0 Å². The summed E-state index contributed by atoms with van der Waals surface area (Å²) in [5, 5.41) is 14.0. The zero-order chi connectivity index (χ0) is 13.3. The molecule has 18 heavy (non-hydrogen) atoms. The van der Waals surface area contributed by atoms with Gasteiger partial charge in [0.1, 0.15) is 6.04 Å². The fourth-order valence-electron chi connectivity index (χ4n) is 2.46. The van der Waals surface area contributed by atoms with Gasteiger partial charge in [0.25, 0.3) is 0 Å². The van der Waals surface area contributed by atoms with Crippen LogP contribution in [0.2, 0.25) is 0 Å². The van der Waals surface area contributed by atoms with Gasteiger partial charge < -0.3 is 9.84 Å². The van der Waals surface area contributed by atoms with Crippen molar-refractivity contribution in [2.75, 3.05) is 13.7 Å². The first-order valence-electron chi connectivity index (χ1n) is 6.00. The van der Waals surface area contributed by atoms with Crippen LogP contribution in [-0.4, -0.2) is 51.6 Å². The summed E-state index contributed by atoms with van der Waals surface area (Å²) in [5.41, 5.74) is 1.97. The normalized spacial score (nSPS) is 24.4. The van der Waals surface area contributed by atoms with Gasteiger partial charge in [0.05, 0.1) is 24.6 Å². The minimum Gasteiger partial charge on any atom is -0.468 e. The SMILES string of the molecule is COC(=O)C1CC(O)CN1Cc1cc(C)nn1C. The van der Waals surface area contributed by atoms with E-state index in [1.807, 2.05) is 24.9 Å². The molecule has 2 rings (SSSR count). The molecule has 0 spiro atoms. The Morgan fingerprint density at radius 1 is 1.67 bits per heavy atom. The van der Waals surface area contributed by atoms with E-state index in [0.29, 0.717) is 19.5 Å². The van der Waals surface area contributed by atoms with Crippen molar-refractivity contribution in [2.24, 2.45) is 7.05 Å². The van der Waals surface area contributed by atoms with Gasteiger partial charge in [-0.05, 0) is 13.0 Å². The molecule has 1 fully saturated rings. The Kier molecular flexibility index (Phi) is 3.68. The quantitative estimate of drug-likeness (QED) is 0.758. The number of aromatic nitrogens is 2. The van der Waals surface area contributed by atoms with Crippen molar-refractivity contribution >= 4 is 5.97 Å². The number of hydrogen-bond acceptors (Lipinski definition) is 5. The molecule has 0 amide bonds. The molecule has 1 aromatic heterocycles. The van der Waals surface area contributed by atoms with Crippen molar-refractivity contribution in [2.45, 2.75) is 32.0 Å². The maximum Gasteiger partial charge on any atom is 0.323 e. The summed E-state index contributed by atoms with van der Waals surface area (Å²) < 4.78 is 6.57. The Bertz CT molecular complexity index is 444. The number of carbonyl (C=O) groups excluding carboxylic acids is 1. The third kappa shape index (κ3) is 2.54. The molecular formula is C12H19N3O3. The van der Waals surface area contributed by atoms with E-state index < -0.39 is 6.10 Å². The minimum absolute atomic E-state index is 0.287. The molecule has 2 heterocycles. The number of nitrogens with zero attached hydrogens (tertiary/aromatic N) is 3. The summed E-state index contributed by atoms with van der Waals surface area (Å²) in [4.78, 5) is 13.6. The molecule has 2 unspecified atom stereocenters. The standard InChI is InChI=1S/C12H19N3O3/c1-8-4-9(14(2)13-8)6-15-7-10(16)5-11(15)12(17)18-3/h4,10-11,16H,5-7H2,1-3H3. The summed E-state index contributed by atoms with van der Waals surface area (Å²) in [6, 6.07) is 1.62. The summed E-state index contributed by atoms with van der Waals surface area (Å²) in [7, 11) is 3.25. The second kappa shape index (κ2) is 5.07. The Hall–Kier alpha value is -1.40. The number of β-amino-alcohol motifs (C(OH)–C–C–N with tert-alkyl or cyclic N) is 1. The maximum absolute atomic E-state index is 11.7. The van der Waals surface area contributed by atoms with Gasteiger partial charge in [0.15, 0.2) is 0 Å². The highest BCUT2D eigenvalue weighted by Crippen LogP contribution is 2.21. The molecule has 1 saturated heterocycles. The molecule has 6 nitrogen and oxygen atoms in total. The number of likely N-dealkylation sites (tertiary alicyclic amines) is 1. The van der Waals surface area contributed by atoms with Crippen molar-refractivity contribution in [3.05, 3.63) is 17.5 Å². The highest BCUT2D eigenvalue weighted by atomic mass is 16.5. The molecule has 100 valence electrons. The van der Waals surface area contributed by atoms with E-state index in [2.05, 4.69) is 5.10 Å². The van der Waals surface area contributed by atoms with Gasteiger partial charge in [-0.2, -0.15) is 5.10 Å². The van der Waals surface area contributed by atoms with Gasteiger partial charge in [-0.3, -0.25) is 14.4 Å². The van der Waals surface area contributed by atoms with Crippen molar-refractivity contribution in [3.63, 3.8) is 0 Å². The van der Waals surface area contributed by atoms with E-state index in [0.717, 1.165) is 11.4 Å². The number of methoxy groups -OCH3 is 1. The molecule has 0 aromatic carbocycles. The number of ether oxygens (including phenoxy) is 1. The largest absolute Gasteiger partial charge is 0.468 e. The Balaban J connectivity index is 2.11. The first-order valence-corrected chi connectivity index (χ1v) is 6.00. The number of carbonyl (C=O) groups is 1. The lowest BCUT2D eigenvalue weighted by molar-refractivity contribution is -0.146. The zero-order valence-electron chi connectivity index (χ0n) is 11.0. The first-order chi connectivity index (χ1) is 8.51. The van der Waals surface area contributed by atoms with Crippen LogP contribution in [0.25, 0.3) is 0 Å². The van der Waals surface area contributed by atoms with Crippen LogP contribution in [0.1, 0.15) is 17.8 Å². The highest BCUT2D eigenvalue weighted by Gasteiger charge is 2.36. The molecule has 1 aliphatic rings. The number of aryl methyl sites for hydroxylation is 2. The van der Waals surface area contributed by atoms with E-state index >= 15 is 0 Å². The van der Waals surface area contributed by atoms with Crippen LogP contribution in [0.5, 0.6) is 0 Å². The molecule has 1 aromatic rings. The predicted molar refractivity (Wildman–Crippen MR) is 64.8 cm³/mol. The lowest BCUT2D eigenvalue weighted by Gasteiger charge is -2.21. The minimum atomic E-state index is -0.469. The highest BCUT2D eigenvalue weighted by molar-refractivity contribution is 5.76. The number of hydrogen-bond donors (Lipinski definition) is 1. The number of rotatable bonds is 3. The molecule has 0 radical (unpaired) electrons. The predicted octanol–water partition coefficient (Wildman–Crippen LogP) is -0.163. The molecule has 1 aliphatic heterocycles. The molecule has 0 aliphatic carbocycles. The van der Waals surface area contributed by atoms with Crippen molar-refractivity contribution in [1.82, 2.24) is 14.7 Å². The van der Waals surface area contributed by atoms with Gasteiger partial charge in [-0.15, -0.1) is 0 Å². The Labute approximate surface area is 106 Å². The molecular weight excluding hydrogens is 234 g/mol. The third-order valence-corrected chi connectivity index (χ3v) is 3.32. The monoisotopic (exact) mass is 253 g/mol. The molecule has 2 atom stereocenters. The van der Waals surface area contributed by atoms with Gasteiger partial charge in [-0.1, -0.05) is 0 Å². The fraction of sp³-hybridized carbons (Fsp3) is 0.667. The lowest BCUT2D eigenvalue weighted by atomic mass is 10.2. The Morgan fingerprint density at radius 3 is 2.94 bits per heavy atom. The third-order valence-electron chi connectivity index (χ3n) is 3.32. The molecule has 6 heteroatoms. The van der Waals surface area contributed by atoms with E-state index in [1.165, 1.54) is 7.11 Å². The summed E-state index contributed by atoms with van der Waals surface area (Å²) in [6.45, 7) is 3.01. The summed E-state index contributed by atoms with van der Waals surface area (Å²) in [6.07, 6.45) is -0.0350. The summed E-state index contributed by atoms with van der Waals surface area (Å²) in [5.74, 6) is -0.287. The maximum atomic E-state index is 11.7. The van der Waals surface area contributed by atoms with Crippen molar-refractivity contribution in [3.8, 4) is 0 Å². The summed E-state index contributed by atoms with van der Waals surface area (Å²) >= 11 is 0. The van der Waals surface area contributed by atoms with Crippen LogP contribution in [0.4, 0.5) is 0 Å². The van der Waals surface area contributed by atoms with E-state index in [4.69, 9.17) is 4.74 Å². The van der Waals surface area contributed by atoms with Crippen LogP contribution in [0.15, 0.2) is 6.07 Å². The van der Waals surface area contributed by atoms with Crippen LogP contribution in [-0.2, 0) is 23.1 Å². The molecule has 1 N–H and O–H groups in total.